The topological polar surface area (TPSA) is 35.3 Å². The van der Waals surface area contributed by atoms with Gasteiger partial charge in [0.25, 0.3) is 6.73 Å². The molecule has 0 atom stereocenters. The maximum Gasteiger partial charge on any atom is 0.297 e. The van der Waals surface area contributed by atoms with Crippen LogP contribution in [0.3, 0.4) is 0 Å². The zero-order valence-electron chi connectivity index (χ0n) is 5.86. The molecule has 0 spiro atoms. The minimum atomic E-state index is 0.0943. The smallest absolute Gasteiger partial charge is 0.297 e. The van der Waals surface area contributed by atoms with Gasteiger partial charge in [0, 0.05) is 0 Å². The number of hydroxylamine groups is 1. The van der Waals surface area contributed by atoms with Crippen molar-refractivity contribution in [1.82, 2.24) is 0 Å². The number of benzene rings is 1. The van der Waals surface area contributed by atoms with E-state index in [9.17, 15) is 5.21 Å². The molecule has 0 N–H and O–H groups in total. The lowest BCUT2D eigenvalue weighted by Crippen LogP contribution is -2.18. The molecular formula is C8H7NO2. The predicted molar refractivity (Wildman–Crippen MR) is 40.7 cm³/mol. The van der Waals surface area contributed by atoms with E-state index < -0.39 is 0 Å². The minimum Gasteiger partial charge on any atom is -0.621 e. The Morgan fingerprint density at radius 3 is 3.09 bits per heavy atom. The molecule has 0 bridgehead atoms. The third kappa shape index (κ3) is 1.05. The van der Waals surface area contributed by atoms with Gasteiger partial charge in [0.2, 0.25) is 0 Å². The molecule has 2 rings (SSSR count). The van der Waals surface area contributed by atoms with E-state index >= 15 is 0 Å². The minimum absolute atomic E-state index is 0.0943. The summed E-state index contributed by atoms with van der Waals surface area (Å²) in [7, 11) is 0. The van der Waals surface area contributed by atoms with Crippen LogP contribution < -0.4 is 4.74 Å². The van der Waals surface area contributed by atoms with E-state index in [2.05, 4.69) is 0 Å². The molecule has 11 heavy (non-hydrogen) atoms. The van der Waals surface area contributed by atoms with E-state index in [1.807, 2.05) is 24.3 Å². The maximum absolute atomic E-state index is 10.8. The molecule has 0 amide bonds. The zero-order valence-corrected chi connectivity index (χ0v) is 5.86. The summed E-state index contributed by atoms with van der Waals surface area (Å²) in [6, 6.07) is 7.45. The molecule has 1 aliphatic heterocycles. The van der Waals surface area contributed by atoms with Crippen LogP contribution in [0.15, 0.2) is 24.3 Å². The summed E-state index contributed by atoms with van der Waals surface area (Å²) < 4.78 is 5.88. The number of hydrogen-bond donors (Lipinski definition) is 0. The summed E-state index contributed by atoms with van der Waals surface area (Å²) in [5, 5.41) is 10.8. The van der Waals surface area contributed by atoms with Gasteiger partial charge in [-0.3, -0.25) is 0 Å². The summed E-state index contributed by atoms with van der Waals surface area (Å²) in [4.78, 5) is 0. The Labute approximate surface area is 64.1 Å². The second-order valence-corrected chi connectivity index (χ2v) is 2.36. The van der Waals surface area contributed by atoms with Crippen molar-refractivity contribution in [3.8, 4) is 5.75 Å². The molecular weight excluding hydrogens is 142 g/mol. The predicted octanol–water partition coefficient (Wildman–Crippen LogP) is 0.966. The molecule has 0 aliphatic carbocycles. The van der Waals surface area contributed by atoms with Crippen LogP contribution in [-0.4, -0.2) is 17.7 Å². The molecule has 0 saturated carbocycles. The van der Waals surface area contributed by atoms with Gasteiger partial charge in [-0.2, -0.15) is 4.74 Å². The Morgan fingerprint density at radius 2 is 2.18 bits per heavy atom. The van der Waals surface area contributed by atoms with Crippen molar-refractivity contribution in [1.29, 1.82) is 0 Å². The number of para-hydroxylation sites is 1. The first-order valence-electron chi connectivity index (χ1n) is 3.37. The van der Waals surface area contributed by atoms with E-state index in [0.717, 1.165) is 16.1 Å². The first kappa shape index (κ1) is 6.22. The Morgan fingerprint density at radius 1 is 1.36 bits per heavy atom. The SMILES string of the molecule is [O-][N+]1=Cc2ccccc2OC1. The Hall–Kier alpha value is -1.51. The fourth-order valence-corrected chi connectivity index (χ4v) is 1.04. The summed E-state index contributed by atoms with van der Waals surface area (Å²) in [5.74, 6) is 0.777. The highest BCUT2D eigenvalue weighted by atomic mass is 16.6. The van der Waals surface area contributed by atoms with Crippen molar-refractivity contribution in [3.05, 3.63) is 35.0 Å². The van der Waals surface area contributed by atoms with Crippen LogP contribution >= 0.6 is 0 Å². The van der Waals surface area contributed by atoms with Gasteiger partial charge in [0.1, 0.15) is 5.75 Å². The Bertz CT molecular complexity index is 307. The summed E-state index contributed by atoms with van der Waals surface area (Å²) in [6.45, 7) is 0.0943. The maximum atomic E-state index is 10.8. The van der Waals surface area contributed by atoms with Crippen LogP contribution in [0.1, 0.15) is 5.56 Å². The summed E-state index contributed by atoms with van der Waals surface area (Å²) in [5.41, 5.74) is 0.841. The fourth-order valence-electron chi connectivity index (χ4n) is 1.04. The van der Waals surface area contributed by atoms with Gasteiger partial charge in [-0.1, -0.05) is 12.1 Å². The van der Waals surface area contributed by atoms with Crippen molar-refractivity contribution in [3.63, 3.8) is 0 Å². The number of hydrogen-bond acceptors (Lipinski definition) is 2. The van der Waals surface area contributed by atoms with Gasteiger partial charge in [-0.25, -0.2) is 0 Å². The van der Waals surface area contributed by atoms with Crippen LogP contribution in [0.2, 0.25) is 0 Å². The molecule has 1 aliphatic rings. The highest BCUT2D eigenvalue weighted by Gasteiger charge is 2.10. The quantitative estimate of drug-likeness (QED) is 0.407. The average molecular weight is 149 g/mol. The van der Waals surface area contributed by atoms with Gasteiger partial charge in [-0.05, 0) is 12.1 Å². The molecule has 3 heteroatoms. The Balaban J connectivity index is 2.51. The van der Waals surface area contributed by atoms with Crippen molar-refractivity contribution < 1.29 is 9.48 Å². The molecule has 0 radical (unpaired) electrons. The van der Waals surface area contributed by atoms with Crippen molar-refractivity contribution in [2.24, 2.45) is 0 Å². The normalized spacial score (nSPS) is 14.7. The first-order valence-corrected chi connectivity index (χ1v) is 3.37. The van der Waals surface area contributed by atoms with Gasteiger partial charge >= 0.3 is 0 Å². The third-order valence-electron chi connectivity index (χ3n) is 1.55. The number of ether oxygens (including phenoxy) is 1. The molecule has 3 nitrogen and oxygen atoms in total. The van der Waals surface area contributed by atoms with Gasteiger partial charge in [0.05, 0.1) is 5.56 Å². The molecule has 0 aromatic heterocycles. The van der Waals surface area contributed by atoms with Crippen LogP contribution in [0.4, 0.5) is 0 Å². The zero-order chi connectivity index (χ0) is 7.68. The molecule has 0 unspecified atom stereocenters. The monoisotopic (exact) mass is 149 g/mol. The highest BCUT2D eigenvalue weighted by Crippen LogP contribution is 2.17. The van der Waals surface area contributed by atoms with Gasteiger partial charge < -0.3 is 9.94 Å². The van der Waals surface area contributed by atoms with E-state index in [4.69, 9.17) is 4.74 Å². The van der Waals surface area contributed by atoms with Crippen LogP contribution in [0, 0.1) is 5.21 Å². The lowest BCUT2D eigenvalue weighted by molar-refractivity contribution is -0.491. The van der Waals surface area contributed by atoms with Gasteiger partial charge in [-0.15, -0.1) is 0 Å². The molecule has 0 saturated heterocycles. The van der Waals surface area contributed by atoms with Crippen molar-refractivity contribution in [2.75, 3.05) is 6.73 Å². The second kappa shape index (κ2) is 2.27. The third-order valence-corrected chi connectivity index (χ3v) is 1.55. The van der Waals surface area contributed by atoms with Crippen molar-refractivity contribution in [2.45, 2.75) is 0 Å². The van der Waals surface area contributed by atoms with Crippen LogP contribution in [0.25, 0.3) is 0 Å². The van der Waals surface area contributed by atoms with E-state index in [-0.39, 0.29) is 6.73 Å². The number of fused-ring (bicyclic) bond motifs is 1. The lowest BCUT2D eigenvalue weighted by Gasteiger charge is -2.13. The standard InChI is InChI=1S/C8H7NO2/c10-9-5-7-3-1-2-4-8(7)11-6-9/h1-5H,6H2. The summed E-state index contributed by atoms with van der Waals surface area (Å²) in [6.07, 6.45) is 1.53. The largest absolute Gasteiger partial charge is 0.621 e. The fraction of sp³-hybridized carbons (Fsp3) is 0.125. The molecule has 56 valence electrons. The van der Waals surface area contributed by atoms with Crippen molar-refractivity contribution >= 4 is 6.21 Å². The Kier molecular flexibility index (Phi) is 1.28. The number of rotatable bonds is 0. The average Bonchev–Trinajstić information content (AvgIpc) is 2.04. The molecule has 1 aromatic rings. The van der Waals surface area contributed by atoms with E-state index in [1.54, 1.807) is 0 Å². The lowest BCUT2D eigenvalue weighted by atomic mass is 10.2. The molecule has 1 aromatic carbocycles. The van der Waals surface area contributed by atoms with Crippen LogP contribution in [-0.2, 0) is 0 Å². The highest BCUT2D eigenvalue weighted by molar-refractivity contribution is 5.80. The van der Waals surface area contributed by atoms with Crippen LogP contribution in [0.5, 0.6) is 5.75 Å². The molecule has 1 heterocycles. The second-order valence-electron chi connectivity index (χ2n) is 2.36. The van der Waals surface area contributed by atoms with Gasteiger partial charge in [0.15, 0.2) is 6.21 Å². The van der Waals surface area contributed by atoms with E-state index in [1.165, 1.54) is 6.21 Å². The van der Waals surface area contributed by atoms with E-state index in [0.29, 0.717) is 0 Å². The number of nitrogens with zero attached hydrogens (tertiary/aromatic N) is 1. The first-order chi connectivity index (χ1) is 5.36. The summed E-state index contributed by atoms with van der Waals surface area (Å²) >= 11 is 0. The molecule has 0 fully saturated rings.